The normalized spacial score (nSPS) is 12.4. The first-order valence-electron chi connectivity index (χ1n) is 6.74. The van der Waals surface area contributed by atoms with Gasteiger partial charge in [-0.05, 0) is 37.7 Å². The van der Waals surface area contributed by atoms with Crippen LogP contribution in [0.4, 0.5) is 0 Å². The molecule has 0 bridgehead atoms. The summed E-state index contributed by atoms with van der Waals surface area (Å²) in [5.41, 5.74) is 2.08. The van der Waals surface area contributed by atoms with Crippen molar-refractivity contribution in [1.29, 1.82) is 0 Å². The third-order valence-corrected chi connectivity index (χ3v) is 3.59. The van der Waals surface area contributed by atoms with Gasteiger partial charge in [0.05, 0.1) is 5.69 Å². The van der Waals surface area contributed by atoms with Crippen molar-refractivity contribution in [3.8, 4) is 5.75 Å². The van der Waals surface area contributed by atoms with E-state index in [1.165, 1.54) is 0 Å². The second-order valence-corrected chi connectivity index (χ2v) is 5.65. The van der Waals surface area contributed by atoms with Crippen LogP contribution in [0, 0.1) is 0 Å². The largest absolute Gasteiger partial charge is 0.487 e. The van der Waals surface area contributed by atoms with Crippen molar-refractivity contribution >= 4 is 15.9 Å². The SMILES string of the molecule is CCNC(C)c1cc(Br)ccc1OCc1ccn(C)n1. The number of nitrogens with zero attached hydrogens (tertiary/aromatic N) is 2. The molecule has 0 aliphatic carbocycles. The van der Waals surface area contributed by atoms with Gasteiger partial charge >= 0.3 is 0 Å². The molecule has 0 amide bonds. The second-order valence-electron chi connectivity index (χ2n) is 4.73. The first-order valence-corrected chi connectivity index (χ1v) is 7.53. The van der Waals surface area contributed by atoms with Crippen molar-refractivity contribution < 1.29 is 4.74 Å². The minimum Gasteiger partial charge on any atom is -0.487 e. The van der Waals surface area contributed by atoms with Gasteiger partial charge in [0.25, 0.3) is 0 Å². The third kappa shape index (κ3) is 3.84. The van der Waals surface area contributed by atoms with Crippen LogP contribution in [0.3, 0.4) is 0 Å². The van der Waals surface area contributed by atoms with E-state index < -0.39 is 0 Å². The number of hydrogen-bond acceptors (Lipinski definition) is 3. The summed E-state index contributed by atoms with van der Waals surface area (Å²) in [6, 6.07) is 8.30. The van der Waals surface area contributed by atoms with Gasteiger partial charge in [-0.1, -0.05) is 22.9 Å². The van der Waals surface area contributed by atoms with Crippen LogP contribution in [0.1, 0.15) is 31.1 Å². The van der Waals surface area contributed by atoms with Gasteiger partial charge in [0.2, 0.25) is 0 Å². The maximum atomic E-state index is 5.92. The Morgan fingerprint density at radius 1 is 1.40 bits per heavy atom. The van der Waals surface area contributed by atoms with E-state index in [1.54, 1.807) is 4.68 Å². The molecule has 0 radical (unpaired) electrons. The van der Waals surface area contributed by atoms with E-state index in [0.717, 1.165) is 28.0 Å². The van der Waals surface area contributed by atoms with E-state index in [-0.39, 0.29) is 6.04 Å². The molecule has 0 saturated carbocycles. The maximum absolute atomic E-state index is 5.92. The van der Waals surface area contributed by atoms with E-state index in [0.29, 0.717) is 6.61 Å². The summed E-state index contributed by atoms with van der Waals surface area (Å²) in [4.78, 5) is 0. The standard InChI is InChI=1S/C15H20BrN3O/c1-4-17-11(2)14-9-12(16)5-6-15(14)20-10-13-7-8-19(3)18-13/h5-9,11,17H,4,10H2,1-3H3. The highest BCUT2D eigenvalue weighted by atomic mass is 79.9. The van der Waals surface area contributed by atoms with Crippen LogP contribution in [0.25, 0.3) is 0 Å². The number of rotatable bonds is 6. The number of nitrogens with one attached hydrogen (secondary N) is 1. The quantitative estimate of drug-likeness (QED) is 0.877. The highest BCUT2D eigenvalue weighted by Gasteiger charge is 2.12. The lowest BCUT2D eigenvalue weighted by atomic mass is 10.1. The fraction of sp³-hybridized carbons (Fsp3) is 0.400. The topological polar surface area (TPSA) is 39.1 Å². The Labute approximate surface area is 128 Å². The number of benzene rings is 1. The van der Waals surface area contributed by atoms with Gasteiger partial charge in [0.1, 0.15) is 12.4 Å². The van der Waals surface area contributed by atoms with Crippen LogP contribution in [-0.2, 0) is 13.7 Å². The highest BCUT2D eigenvalue weighted by molar-refractivity contribution is 9.10. The van der Waals surface area contributed by atoms with Crippen LogP contribution < -0.4 is 10.1 Å². The fourth-order valence-electron chi connectivity index (χ4n) is 2.10. The van der Waals surface area contributed by atoms with Crippen LogP contribution in [-0.4, -0.2) is 16.3 Å². The van der Waals surface area contributed by atoms with Crippen molar-refractivity contribution in [1.82, 2.24) is 15.1 Å². The summed E-state index contributed by atoms with van der Waals surface area (Å²) in [5, 5.41) is 7.73. The molecule has 1 heterocycles. The molecule has 0 aliphatic rings. The number of aromatic nitrogens is 2. The van der Waals surface area contributed by atoms with Gasteiger partial charge in [-0.2, -0.15) is 5.10 Å². The van der Waals surface area contributed by atoms with Gasteiger partial charge in [-0.25, -0.2) is 0 Å². The van der Waals surface area contributed by atoms with Crippen LogP contribution in [0.5, 0.6) is 5.75 Å². The summed E-state index contributed by atoms with van der Waals surface area (Å²) >= 11 is 3.52. The van der Waals surface area contributed by atoms with E-state index in [2.05, 4.69) is 46.3 Å². The Hall–Kier alpha value is -1.33. The molecule has 4 nitrogen and oxygen atoms in total. The Bertz CT molecular complexity index is 568. The molecule has 1 atom stereocenters. The van der Waals surface area contributed by atoms with Gasteiger partial charge in [-0.3, -0.25) is 4.68 Å². The molecule has 1 aromatic carbocycles. The molecule has 0 spiro atoms. The summed E-state index contributed by atoms with van der Waals surface area (Å²) in [5.74, 6) is 0.896. The first kappa shape index (κ1) is 15.1. The fourth-order valence-corrected chi connectivity index (χ4v) is 2.48. The molecule has 1 aromatic heterocycles. The zero-order valence-electron chi connectivity index (χ0n) is 12.1. The molecule has 2 aromatic rings. The lowest BCUT2D eigenvalue weighted by molar-refractivity contribution is 0.294. The zero-order valence-corrected chi connectivity index (χ0v) is 13.6. The Balaban J connectivity index is 2.13. The Kier molecular flexibility index (Phi) is 5.20. The lowest BCUT2D eigenvalue weighted by Gasteiger charge is -2.17. The average Bonchev–Trinajstić information content (AvgIpc) is 2.83. The molecule has 5 heteroatoms. The monoisotopic (exact) mass is 337 g/mol. The maximum Gasteiger partial charge on any atom is 0.132 e. The van der Waals surface area contributed by atoms with Gasteiger partial charge in [0.15, 0.2) is 0 Å². The third-order valence-electron chi connectivity index (χ3n) is 3.09. The first-order chi connectivity index (χ1) is 9.60. The Morgan fingerprint density at radius 2 is 2.20 bits per heavy atom. The molecule has 108 valence electrons. The van der Waals surface area contributed by atoms with E-state index in [9.17, 15) is 0 Å². The van der Waals surface area contributed by atoms with Crippen molar-refractivity contribution in [3.63, 3.8) is 0 Å². The predicted molar refractivity (Wildman–Crippen MR) is 83.8 cm³/mol. The van der Waals surface area contributed by atoms with Crippen LogP contribution in [0.2, 0.25) is 0 Å². The number of hydrogen-bond donors (Lipinski definition) is 1. The van der Waals surface area contributed by atoms with Crippen LogP contribution >= 0.6 is 15.9 Å². The highest BCUT2D eigenvalue weighted by Crippen LogP contribution is 2.29. The zero-order chi connectivity index (χ0) is 14.5. The Morgan fingerprint density at radius 3 is 2.85 bits per heavy atom. The minimum absolute atomic E-state index is 0.247. The van der Waals surface area contributed by atoms with E-state index >= 15 is 0 Å². The van der Waals surface area contributed by atoms with Crippen LogP contribution in [0.15, 0.2) is 34.9 Å². The predicted octanol–water partition coefficient (Wildman–Crippen LogP) is 3.43. The van der Waals surface area contributed by atoms with E-state index in [1.807, 2.05) is 31.4 Å². The lowest BCUT2D eigenvalue weighted by Crippen LogP contribution is -2.18. The summed E-state index contributed by atoms with van der Waals surface area (Å²) in [6.45, 7) is 5.64. The van der Waals surface area contributed by atoms with Crippen molar-refractivity contribution in [2.75, 3.05) is 6.54 Å². The molecule has 0 saturated heterocycles. The van der Waals surface area contributed by atoms with Crippen molar-refractivity contribution in [2.24, 2.45) is 7.05 Å². The minimum atomic E-state index is 0.247. The summed E-state index contributed by atoms with van der Waals surface area (Å²) in [6.07, 6.45) is 1.92. The second kappa shape index (κ2) is 6.90. The van der Waals surface area contributed by atoms with Gasteiger partial charge < -0.3 is 10.1 Å². The summed E-state index contributed by atoms with van der Waals surface area (Å²) in [7, 11) is 1.90. The number of aryl methyl sites for hydroxylation is 1. The molecule has 1 unspecified atom stereocenters. The molecule has 0 fully saturated rings. The van der Waals surface area contributed by atoms with E-state index in [4.69, 9.17) is 4.74 Å². The number of halogens is 1. The van der Waals surface area contributed by atoms with Crippen molar-refractivity contribution in [3.05, 3.63) is 46.2 Å². The molecular formula is C15H20BrN3O. The molecule has 1 N–H and O–H groups in total. The van der Waals surface area contributed by atoms with Crippen molar-refractivity contribution in [2.45, 2.75) is 26.5 Å². The molecular weight excluding hydrogens is 318 g/mol. The summed E-state index contributed by atoms with van der Waals surface area (Å²) < 4.78 is 8.76. The average molecular weight is 338 g/mol. The molecule has 0 aliphatic heterocycles. The molecule has 20 heavy (non-hydrogen) atoms. The van der Waals surface area contributed by atoms with Gasteiger partial charge in [0, 0.05) is 29.3 Å². The molecule has 2 rings (SSSR count). The number of ether oxygens (including phenoxy) is 1. The smallest absolute Gasteiger partial charge is 0.132 e. The van der Waals surface area contributed by atoms with Gasteiger partial charge in [-0.15, -0.1) is 0 Å².